The number of ether oxygens (including phenoxy) is 1. The zero-order valence-corrected chi connectivity index (χ0v) is 15.5. The summed E-state index contributed by atoms with van der Waals surface area (Å²) in [6.07, 6.45) is -0.377. The van der Waals surface area contributed by atoms with Crippen molar-refractivity contribution in [1.29, 1.82) is 0 Å². The molecule has 0 radical (unpaired) electrons. The molecule has 0 spiro atoms. The molecule has 1 N–H and O–H groups in total. The number of halogens is 2. The van der Waals surface area contributed by atoms with Crippen LogP contribution in [0.4, 0.5) is 5.69 Å². The van der Waals surface area contributed by atoms with Crippen molar-refractivity contribution in [3.8, 4) is 0 Å². The summed E-state index contributed by atoms with van der Waals surface area (Å²) in [5.74, 6) is -1.32. The van der Waals surface area contributed by atoms with Crippen LogP contribution >= 0.6 is 23.2 Å². The van der Waals surface area contributed by atoms with Crippen molar-refractivity contribution < 1.29 is 14.3 Å². The van der Waals surface area contributed by atoms with Gasteiger partial charge < -0.3 is 10.1 Å². The standard InChI is InChI=1S/C19H19Cl2NO3/c1-3-15(13-7-5-4-6-8-13)19(24)25-12(2)18(23)22-17-11-14(20)9-10-16(17)21/h4-12,15H,3H2,1-2H3,(H,22,23)/t12-,15-/m1/s1. The van der Waals surface area contributed by atoms with E-state index in [0.717, 1.165) is 5.56 Å². The van der Waals surface area contributed by atoms with Crippen molar-refractivity contribution in [3.05, 3.63) is 64.1 Å². The molecule has 6 heteroatoms. The van der Waals surface area contributed by atoms with E-state index in [-0.39, 0.29) is 0 Å². The van der Waals surface area contributed by atoms with Crippen LogP contribution in [0.5, 0.6) is 0 Å². The normalized spacial score (nSPS) is 13.0. The minimum atomic E-state index is -0.958. The number of carbonyl (C=O) groups is 2. The van der Waals surface area contributed by atoms with Gasteiger partial charge in [0.25, 0.3) is 5.91 Å². The second-order valence-corrected chi connectivity index (χ2v) is 6.41. The Bertz CT molecular complexity index is 750. The third-order valence-corrected chi connectivity index (χ3v) is 4.31. The predicted octanol–water partition coefficient (Wildman–Crippen LogP) is 5.06. The summed E-state index contributed by atoms with van der Waals surface area (Å²) in [7, 11) is 0. The highest BCUT2D eigenvalue weighted by Gasteiger charge is 2.25. The summed E-state index contributed by atoms with van der Waals surface area (Å²) in [5.41, 5.74) is 1.23. The zero-order valence-electron chi connectivity index (χ0n) is 14.0. The van der Waals surface area contributed by atoms with Crippen molar-refractivity contribution in [3.63, 3.8) is 0 Å². The van der Waals surface area contributed by atoms with Gasteiger partial charge in [0.2, 0.25) is 0 Å². The fourth-order valence-electron chi connectivity index (χ4n) is 2.36. The fourth-order valence-corrected chi connectivity index (χ4v) is 2.70. The molecule has 0 fully saturated rings. The molecular weight excluding hydrogens is 361 g/mol. The van der Waals surface area contributed by atoms with Crippen molar-refractivity contribution in [2.24, 2.45) is 0 Å². The van der Waals surface area contributed by atoms with Gasteiger partial charge in [-0.15, -0.1) is 0 Å². The highest BCUT2D eigenvalue weighted by molar-refractivity contribution is 6.35. The third kappa shape index (κ3) is 5.21. The maximum atomic E-state index is 12.4. The molecule has 0 saturated carbocycles. The van der Waals surface area contributed by atoms with Crippen molar-refractivity contribution in [2.45, 2.75) is 32.3 Å². The molecule has 2 aromatic carbocycles. The van der Waals surface area contributed by atoms with E-state index in [1.807, 2.05) is 37.3 Å². The van der Waals surface area contributed by atoms with Gasteiger partial charge in [-0.3, -0.25) is 9.59 Å². The van der Waals surface area contributed by atoms with Crippen LogP contribution in [-0.2, 0) is 14.3 Å². The first kappa shape index (κ1) is 19.3. The van der Waals surface area contributed by atoms with E-state index in [2.05, 4.69) is 5.32 Å². The number of hydrogen-bond acceptors (Lipinski definition) is 3. The van der Waals surface area contributed by atoms with Gasteiger partial charge >= 0.3 is 5.97 Å². The zero-order chi connectivity index (χ0) is 18.4. The quantitative estimate of drug-likeness (QED) is 0.713. The molecule has 2 rings (SSSR count). The average molecular weight is 380 g/mol. The number of carbonyl (C=O) groups excluding carboxylic acids is 2. The molecule has 0 unspecified atom stereocenters. The molecular formula is C19H19Cl2NO3. The van der Waals surface area contributed by atoms with Gasteiger partial charge in [-0.1, -0.05) is 60.5 Å². The number of esters is 1. The molecule has 2 aromatic rings. The minimum Gasteiger partial charge on any atom is -0.452 e. The first-order valence-electron chi connectivity index (χ1n) is 7.93. The van der Waals surface area contributed by atoms with E-state index >= 15 is 0 Å². The Morgan fingerprint density at radius 2 is 1.80 bits per heavy atom. The van der Waals surface area contributed by atoms with Crippen LogP contribution in [0, 0.1) is 0 Å². The second kappa shape index (κ2) is 8.88. The number of rotatable bonds is 6. The number of hydrogen-bond donors (Lipinski definition) is 1. The fraction of sp³-hybridized carbons (Fsp3) is 0.263. The lowest BCUT2D eigenvalue weighted by Crippen LogP contribution is -2.31. The number of benzene rings is 2. The Kier molecular flexibility index (Phi) is 6.85. The van der Waals surface area contributed by atoms with Crippen molar-refractivity contribution in [2.75, 3.05) is 5.32 Å². The number of amides is 1. The molecule has 4 nitrogen and oxygen atoms in total. The summed E-state index contributed by atoms with van der Waals surface area (Å²) in [6.45, 7) is 3.42. The Morgan fingerprint density at radius 1 is 1.12 bits per heavy atom. The van der Waals surface area contributed by atoms with Crippen LogP contribution < -0.4 is 5.32 Å². The van der Waals surface area contributed by atoms with Gasteiger partial charge in [-0.25, -0.2) is 0 Å². The van der Waals surface area contributed by atoms with Gasteiger partial charge in [-0.05, 0) is 37.1 Å². The van der Waals surface area contributed by atoms with E-state index in [4.69, 9.17) is 27.9 Å². The first-order valence-corrected chi connectivity index (χ1v) is 8.69. The molecule has 132 valence electrons. The van der Waals surface area contributed by atoms with E-state index in [1.54, 1.807) is 12.1 Å². The van der Waals surface area contributed by atoms with Crippen LogP contribution in [0.1, 0.15) is 31.7 Å². The maximum Gasteiger partial charge on any atom is 0.314 e. The summed E-state index contributed by atoms with van der Waals surface area (Å²) < 4.78 is 5.33. The summed E-state index contributed by atoms with van der Waals surface area (Å²) in [6, 6.07) is 14.1. The SMILES string of the molecule is CC[C@@H](C(=O)O[C@H](C)C(=O)Nc1cc(Cl)ccc1Cl)c1ccccc1. The van der Waals surface area contributed by atoms with Gasteiger partial charge in [0.1, 0.15) is 0 Å². The summed E-state index contributed by atoms with van der Waals surface area (Å²) in [4.78, 5) is 24.7. The average Bonchev–Trinajstić information content (AvgIpc) is 2.59. The molecule has 0 aliphatic heterocycles. The van der Waals surface area contributed by atoms with Gasteiger partial charge in [0.15, 0.2) is 6.10 Å². The van der Waals surface area contributed by atoms with Crippen LogP contribution in [0.2, 0.25) is 10.0 Å². The van der Waals surface area contributed by atoms with Crippen molar-refractivity contribution in [1.82, 2.24) is 0 Å². The topological polar surface area (TPSA) is 55.4 Å². The highest BCUT2D eigenvalue weighted by atomic mass is 35.5. The van der Waals surface area contributed by atoms with Gasteiger partial charge in [-0.2, -0.15) is 0 Å². The summed E-state index contributed by atoms with van der Waals surface area (Å²) >= 11 is 11.9. The largest absolute Gasteiger partial charge is 0.452 e. The Labute approximate surface area is 157 Å². The van der Waals surface area contributed by atoms with Crippen molar-refractivity contribution >= 4 is 40.8 Å². The van der Waals surface area contributed by atoms with E-state index in [9.17, 15) is 9.59 Å². The molecule has 0 saturated heterocycles. The molecule has 0 aliphatic carbocycles. The monoisotopic (exact) mass is 379 g/mol. The first-order chi connectivity index (χ1) is 11.9. The smallest absolute Gasteiger partial charge is 0.314 e. The lowest BCUT2D eigenvalue weighted by atomic mass is 9.97. The van der Waals surface area contributed by atoms with E-state index < -0.39 is 23.9 Å². The minimum absolute atomic E-state index is 0.354. The lowest BCUT2D eigenvalue weighted by Gasteiger charge is -2.19. The third-order valence-electron chi connectivity index (χ3n) is 3.74. The van der Waals surface area contributed by atoms with Crippen LogP contribution in [0.3, 0.4) is 0 Å². The molecule has 0 bridgehead atoms. The molecule has 25 heavy (non-hydrogen) atoms. The maximum absolute atomic E-state index is 12.4. The molecule has 0 aromatic heterocycles. The van der Waals surface area contributed by atoms with Crippen LogP contribution in [0.15, 0.2) is 48.5 Å². The molecule has 2 atom stereocenters. The summed E-state index contributed by atoms with van der Waals surface area (Å²) in [5, 5.41) is 3.42. The number of nitrogens with one attached hydrogen (secondary N) is 1. The van der Waals surface area contributed by atoms with Gasteiger partial charge in [0.05, 0.1) is 16.6 Å². The number of anilines is 1. The van der Waals surface area contributed by atoms with Gasteiger partial charge in [0, 0.05) is 5.02 Å². The van der Waals surface area contributed by atoms with E-state index in [0.29, 0.717) is 22.2 Å². The molecule has 0 aliphatic rings. The van der Waals surface area contributed by atoms with E-state index in [1.165, 1.54) is 13.0 Å². The second-order valence-electron chi connectivity index (χ2n) is 5.56. The Morgan fingerprint density at radius 3 is 2.44 bits per heavy atom. The molecule has 0 heterocycles. The predicted molar refractivity (Wildman–Crippen MR) is 100 cm³/mol. The Hall–Kier alpha value is -2.04. The lowest BCUT2D eigenvalue weighted by molar-refractivity contribution is -0.154. The van der Waals surface area contributed by atoms with Crippen LogP contribution in [-0.4, -0.2) is 18.0 Å². The van der Waals surface area contributed by atoms with Crippen LogP contribution in [0.25, 0.3) is 0 Å². The highest BCUT2D eigenvalue weighted by Crippen LogP contribution is 2.26. The Balaban J connectivity index is 2.02. The molecule has 1 amide bonds.